The molecule has 4 rings (SSSR count). The first kappa shape index (κ1) is 17.3. The first-order valence-corrected chi connectivity index (χ1v) is 9.27. The van der Waals surface area contributed by atoms with E-state index in [0.717, 1.165) is 24.2 Å². The minimum atomic E-state index is -0.398. The predicted octanol–water partition coefficient (Wildman–Crippen LogP) is 3.44. The fourth-order valence-electron chi connectivity index (χ4n) is 3.81. The number of anilines is 2. The zero-order valence-corrected chi connectivity index (χ0v) is 15.1. The molecule has 1 heterocycles. The summed E-state index contributed by atoms with van der Waals surface area (Å²) in [5, 5.41) is 13.8. The van der Waals surface area contributed by atoms with E-state index in [0.29, 0.717) is 26.2 Å². The predicted molar refractivity (Wildman–Crippen MR) is 104 cm³/mol. The molecule has 0 unspecified atom stereocenters. The van der Waals surface area contributed by atoms with Gasteiger partial charge in [0.1, 0.15) is 0 Å². The Morgan fingerprint density at radius 3 is 2.37 bits per heavy atom. The number of nitrogens with one attached hydrogen (secondary N) is 1. The average molecular weight is 366 g/mol. The maximum atomic E-state index is 12.6. The number of carbonyl (C=O) groups is 1. The van der Waals surface area contributed by atoms with Crippen molar-refractivity contribution in [1.29, 1.82) is 0 Å². The lowest BCUT2D eigenvalue weighted by atomic mass is 10.1. The van der Waals surface area contributed by atoms with Crippen molar-refractivity contribution in [3.63, 3.8) is 0 Å². The molecule has 0 atom stereocenters. The molecule has 0 bridgehead atoms. The number of amides is 2. The Balaban J connectivity index is 1.33. The Labute approximate surface area is 157 Å². The van der Waals surface area contributed by atoms with Crippen molar-refractivity contribution in [1.82, 2.24) is 4.90 Å². The van der Waals surface area contributed by atoms with Gasteiger partial charge in [-0.2, -0.15) is 0 Å². The zero-order chi connectivity index (χ0) is 18.8. The summed E-state index contributed by atoms with van der Waals surface area (Å²) in [5.74, 6) is 0. The maximum Gasteiger partial charge on any atom is 0.321 e. The number of non-ortho nitro benzene ring substituents is 1. The van der Waals surface area contributed by atoms with Crippen molar-refractivity contribution in [2.75, 3.05) is 36.4 Å². The number of nitro benzene ring substituents is 1. The van der Waals surface area contributed by atoms with Gasteiger partial charge in [0.05, 0.1) is 4.92 Å². The molecule has 2 amide bonds. The van der Waals surface area contributed by atoms with E-state index >= 15 is 0 Å². The lowest BCUT2D eigenvalue weighted by molar-refractivity contribution is -0.384. The average Bonchev–Trinajstić information content (AvgIpc) is 3.16. The second-order valence-corrected chi connectivity index (χ2v) is 7.01. The van der Waals surface area contributed by atoms with E-state index < -0.39 is 4.92 Å². The standard InChI is InChI=1S/C20H22N4O3/c25-20(21-17-5-4-15-2-1-3-16(15)14-17)23-12-10-22(11-13-23)18-6-8-19(9-7-18)24(26)27/h4-9,14H,1-3,10-13H2,(H,21,25). The summed E-state index contributed by atoms with van der Waals surface area (Å²) in [6, 6.07) is 12.7. The third-order valence-corrected chi connectivity index (χ3v) is 5.34. The summed E-state index contributed by atoms with van der Waals surface area (Å²) in [4.78, 5) is 26.9. The normalized spacial score (nSPS) is 16.1. The van der Waals surface area contributed by atoms with Crippen LogP contribution in [-0.4, -0.2) is 42.0 Å². The van der Waals surface area contributed by atoms with Crippen LogP contribution in [0.1, 0.15) is 17.5 Å². The molecule has 1 fully saturated rings. The Morgan fingerprint density at radius 1 is 0.963 bits per heavy atom. The number of hydrogen-bond acceptors (Lipinski definition) is 4. The highest BCUT2D eigenvalue weighted by atomic mass is 16.6. The Bertz CT molecular complexity index is 858. The van der Waals surface area contributed by atoms with Gasteiger partial charge >= 0.3 is 6.03 Å². The van der Waals surface area contributed by atoms with E-state index in [9.17, 15) is 14.9 Å². The van der Waals surface area contributed by atoms with Crippen molar-refractivity contribution in [3.8, 4) is 0 Å². The van der Waals surface area contributed by atoms with Crippen LogP contribution in [0, 0.1) is 10.1 Å². The summed E-state index contributed by atoms with van der Waals surface area (Å²) >= 11 is 0. The summed E-state index contributed by atoms with van der Waals surface area (Å²) in [5.41, 5.74) is 4.63. The number of nitro groups is 1. The van der Waals surface area contributed by atoms with Crippen molar-refractivity contribution in [2.24, 2.45) is 0 Å². The first-order valence-electron chi connectivity index (χ1n) is 9.27. The van der Waals surface area contributed by atoms with Crippen LogP contribution in [0.25, 0.3) is 0 Å². The van der Waals surface area contributed by atoms with E-state index in [2.05, 4.69) is 22.3 Å². The van der Waals surface area contributed by atoms with Gasteiger partial charge in [0.15, 0.2) is 0 Å². The number of carbonyl (C=O) groups excluding carboxylic acids is 1. The van der Waals surface area contributed by atoms with Crippen molar-refractivity contribution >= 4 is 23.1 Å². The molecule has 27 heavy (non-hydrogen) atoms. The molecule has 0 aromatic heterocycles. The van der Waals surface area contributed by atoms with Gasteiger partial charge in [-0.15, -0.1) is 0 Å². The minimum Gasteiger partial charge on any atom is -0.368 e. The van der Waals surface area contributed by atoms with Crippen LogP contribution < -0.4 is 10.2 Å². The second kappa shape index (κ2) is 7.26. The highest BCUT2D eigenvalue weighted by molar-refractivity contribution is 5.89. The van der Waals surface area contributed by atoms with Gasteiger partial charge in [-0.3, -0.25) is 10.1 Å². The monoisotopic (exact) mass is 366 g/mol. The van der Waals surface area contributed by atoms with Gasteiger partial charge in [-0.05, 0) is 54.7 Å². The van der Waals surface area contributed by atoms with Crippen molar-refractivity contribution in [2.45, 2.75) is 19.3 Å². The fourth-order valence-corrected chi connectivity index (χ4v) is 3.81. The fraction of sp³-hybridized carbons (Fsp3) is 0.350. The molecule has 2 aromatic carbocycles. The molecular weight excluding hydrogens is 344 g/mol. The van der Waals surface area contributed by atoms with E-state index in [1.165, 1.54) is 29.7 Å². The second-order valence-electron chi connectivity index (χ2n) is 7.01. The highest BCUT2D eigenvalue weighted by Crippen LogP contribution is 2.25. The molecule has 1 saturated heterocycles. The SMILES string of the molecule is O=C(Nc1ccc2c(c1)CCC2)N1CCN(c2ccc([N+](=O)[O-])cc2)CC1. The molecule has 140 valence electrons. The summed E-state index contributed by atoms with van der Waals surface area (Å²) in [6.45, 7) is 2.65. The maximum absolute atomic E-state index is 12.6. The third kappa shape index (κ3) is 3.72. The minimum absolute atomic E-state index is 0.0729. The molecule has 7 nitrogen and oxygen atoms in total. The van der Waals surface area contributed by atoms with Gasteiger partial charge in [-0.25, -0.2) is 4.79 Å². The highest BCUT2D eigenvalue weighted by Gasteiger charge is 2.22. The number of benzene rings is 2. The van der Waals surface area contributed by atoms with E-state index in [1.54, 1.807) is 12.1 Å². The molecule has 2 aromatic rings. The van der Waals surface area contributed by atoms with Crippen LogP contribution in [0.5, 0.6) is 0 Å². The Hall–Kier alpha value is -3.09. The van der Waals surface area contributed by atoms with Gasteiger partial charge in [0.25, 0.3) is 5.69 Å². The van der Waals surface area contributed by atoms with Crippen molar-refractivity contribution in [3.05, 3.63) is 63.7 Å². The molecule has 1 N–H and O–H groups in total. The smallest absolute Gasteiger partial charge is 0.321 e. The number of nitrogens with zero attached hydrogens (tertiary/aromatic N) is 3. The van der Waals surface area contributed by atoms with Crippen molar-refractivity contribution < 1.29 is 9.72 Å². The number of rotatable bonds is 3. The number of piperazine rings is 1. The molecule has 1 aliphatic carbocycles. The van der Waals surface area contributed by atoms with E-state index in [-0.39, 0.29) is 11.7 Å². The molecule has 0 spiro atoms. The topological polar surface area (TPSA) is 78.7 Å². The lowest BCUT2D eigenvalue weighted by Gasteiger charge is -2.36. The Morgan fingerprint density at radius 2 is 1.67 bits per heavy atom. The number of hydrogen-bond donors (Lipinski definition) is 1. The molecule has 0 radical (unpaired) electrons. The first-order chi connectivity index (χ1) is 13.1. The molecule has 2 aliphatic rings. The van der Waals surface area contributed by atoms with Gasteiger partial charge < -0.3 is 15.1 Å². The van der Waals surface area contributed by atoms with Gasteiger partial charge in [0, 0.05) is 49.7 Å². The summed E-state index contributed by atoms with van der Waals surface area (Å²) < 4.78 is 0. The zero-order valence-electron chi connectivity index (χ0n) is 15.1. The largest absolute Gasteiger partial charge is 0.368 e. The molecular formula is C20H22N4O3. The van der Waals surface area contributed by atoms with Crippen LogP contribution in [0.2, 0.25) is 0 Å². The quantitative estimate of drug-likeness (QED) is 0.667. The number of urea groups is 1. The summed E-state index contributed by atoms with van der Waals surface area (Å²) in [7, 11) is 0. The van der Waals surface area contributed by atoms with Crippen LogP contribution in [0.15, 0.2) is 42.5 Å². The molecule has 0 saturated carbocycles. The summed E-state index contributed by atoms with van der Waals surface area (Å²) in [6.07, 6.45) is 3.42. The molecule has 7 heteroatoms. The molecule has 1 aliphatic heterocycles. The van der Waals surface area contributed by atoms with E-state index in [4.69, 9.17) is 0 Å². The third-order valence-electron chi connectivity index (χ3n) is 5.34. The van der Waals surface area contributed by atoms with Gasteiger partial charge in [-0.1, -0.05) is 6.07 Å². The number of aryl methyl sites for hydroxylation is 2. The Kier molecular flexibility index (Phi) is 4.66. The number of fused-ring (bicyclic) bond motifs is 1. The van der Waals surface area contributed by atoms with E-state index in [1.807, 2.05) is 11.0 Å². The van der Waals surface area contributed by atoms with Crippen LogP contribution in [-0.2, 0) is 12.8 Å². The van der Waals surface area contributed by atoms with Crippen LogP contribution >= 0.6 is 0 Å². The van der Waals surface area contributed by atoms with Crippen LogP contribution in [0.4, 0.5) is 21.9 Å². The lowest BCUT2D eigenvalue weighted by Crippen LogP contribution is -2.50. The van der Waals surface area contributed by atoms with Crippen LogP contribution in [0.3, 0.4) is 0 Å². The van der Waals surface area contributed by atoms with Gasteiger partial charge in [0.2, 0.25) is 0 Å².